The Bertz CT molecular complexity index is 1390. The zero-order valence-electron chi connectivity index (χ0n) is 29.2. The Morgan fingerprint density at radius 2 is 1.48 bits per heavy atom. The van der Waals surface area contributed by atoms with Crippen molar-refractivity contribution >= 4 is 5.78 Å². The lowest BCUT2D eigenvalue weighted by Gasteiger charge is -2.42. The number of ether oxygens (including phenoxy) is 2. The number of halogens is 6. The summed E-state index contributed by atoms with van der Waals surface area (Å²) in [5, 5.41) is 3.30. The Hall–Kier alpha value is -2.83. The minimum atomic E-state index is -4.98. The van der Waals surface area contributed by atoms with Crippen LogP contribution in [0.4, 0.5) is 26.3 Å². The van der Waals surface area contributed by atoms with Crippen LogP contribution in [0.3, 0.4) is 0 Å². The van der Waals surface area contributed by atoms with Gasteiger partial charge in [0.05, 0.1) is 30.4 Å². The van der Waals surface area contributed by atoms with Crippen LogP contribution < -0.4 is 14.8 Å². The molecule has 3 aliphatic rings. The van der Waals surface area contributed by atoms with Crippen LogP contribution in [0.25, 0.3) is 0 Å². The van der Waals surface area contributed by atoms with Crippen molar-refractivity contribution in [2.24, 2.45) is 0 Å². The zero-order valence-corrected chi connectivity index (χ0v) is 29.2. The Morgan fingerprint density at radius 1 is 0.840 bits per heavy atom. The topological polar surface area (TPSA) is 54.0 Å². The van der Waals surface area contributed by atoms with Crippen molar-refractivity contribution in [2.75, 3.05) is 52.5 Å². The number of ketones is 1. The zero-order chi connectivity index (χ0) is 35.9. The minimum Gasteiger partial charge on any atom is -0.490 e. The Labute approximate surface area is 291 Å². The molecule has 3 heterocycles. The monoisotopic (exact) mass is 711 g/mol. The molecule has 50 heavy (non-hydrogen) atoms. The normalized spacial score (nSPS) is 23.4. The number of Topliss-reactive ketones (excluding diaryl/α,β-unsaturated/α-hetero) is 1. The maximum Gasteiger partial charge on any atom is 0.416 e. The van der Waals surface area contributed by atoms with Crippen molar-refractivity contribution in [3.05, 3.63) is 58.7 Å². The molecule has 3 aliphatic heterocycles. The van der Waals surface area contributed by atoms with Crippen molar-refractivity contribution in [3.63, 3.8) is 0 Å². The van der Waals surface area contributed by atoms with E-state index < -0.39 is 47.1 Å². The van der Waals surface area contributed by atoms with Crippen LogP contribution in [0, 0.1) is 0 Å². The average molecular weight is 712 g/mol. The Morgan fingerprint density at radius 3 is 2.10 bits per heavy atom. The standard InChI is InChI=1S/C38H51F6N3O3/c1-3-49-34-10-9-28(25-35(34)50-4-2)36(14-20-46-18-11-31(12-19-46)47-16-6-5-7-17-47)13-8-15-45-32(26-36)33(48)23-27-21-29(37(39,40)41)24-30(22-27)38(42,43)44/h9-10,21-22,24-25,31-32,45H,3-8,11-20,23,26H2,1-2H3. The quantitative estimate of drug-likeness (QED) is 0.225. The van der Waals surface area contributed by atoms with Gasteiger partial charge in [-0.2, -0.15) is 26.3 Å². The average Bonchev–Trinajstić information content (AvgIpc) is 3.32. The van der Waals surface area contributed by atoms with E-state index in [1.807, 2.05) is 32.0 Å². The lowest BCUT2D eigenvalue weighted by atomic mass is 9.69. The van der Waals surface area contributed by atoms with E-state index in [1.54, 1.807) is 0 Å². The number of likely N-dealkylation sites (tertiary alicyclic amines) is 2. The second kappa shape index (κ2) is 16.7. The molecular weight excluding hydrogens is 660 g/mol. The number of alkyl halides is 6. The molecule has 3 saturated heterocycles. The predicted molar refractivity (Wildman–Crippen MR) is 181 cm³/mol. The molecule has 0 radical (unpaired) electrons. The highest BCUT2D eigenvalue weighted by Gasteiger charge is 2.41. The van der Waals surface area contributed by atoms with Gasteiger partial charge in [-0.1, -0.05) is 12.5 Å². The molecule has 278 valence electrons. The number of hydrogen-bond donors (Lipinski definition) is 1. The summed E-state index contributed by atoms with van der Waals surface area (Å²) in [6, 6.07) is 7.17. The molecule has 2 atom stereocenters. The summed E-state index contributed by atoms with van der Waals surface area (Å²) in [5.74, 6) is 0.803. The van der Waals surface area contributed by atoms with Gasteiger partial charge in [-0.15, -0.1) is 0 Å². The van der Waals surface area contributed by atoms with Gasteiger partial charge in [0.15, 0.2) is 17.3 Å². The molecule has 6 nitrogen and oxygen atoms in total. The van der Waals surface area contributed by atoms with E-state index in [0.29, 0.717) is 55.9 Å². The van der Waals surface area contributed by atoms with Crippen LogP contribution in [0.5, 0.6) is 11.5 Å². The molecule has 0 amide bonds. The summed E-state index contributed by atoms with van der Waals surface area (Å²) in [6.07, 6.45) is -1.83. The van der Waals surface area contributed by atoms with E-state index in [0.717, 1.165) is 57.3 Å². The van der Waals surface area contributed by atoms with E-state index in [9.17, 15) is 31.1 Å². The van der Waals surface area contributed by atoms with E-state index >= 15 is 0 Å². The number of benzene rings is 2. The summed E-state index contributed by atoms with van der Waals surface area (Å²) < 4.78 is 93.4. The molecular formula is C38H51F6N3O3. The highest BCUT2D eigenvalue weighted by Crippen LogP contribution is 2.44. The number of carbonyl (C=O) groups excluding carboxylic acids is 1. The maximum atomic E-state index is 13.9. The smallest absolute Gasteiger partial charge is 0.416 e. The summed E-state index contributed by atoms with van der Waals surface area (Å²) in [7, 11) is 0. The summed E-state index contributed by atoms with van der Waals surface area (Å²) in [6.45, 7) is 10.3. The SMILES string of the molecule is CCOc1ccc(C2(CCN3CCC(N4CCCCC4)CC3)CCCNC(C(=O)Cc3cc(C(F)(F)F)cc(C(F)(F)F)c3)C2)cc1OCC. The lowest BCUT2D eigenvalue weighted by Crippen LogP contribution is -2.48. The van der Waals surface area contributed by atoms with Crippen LogP contribution >= 0.6 is 0 Å². The first-order chi connectivity index (χ1) is 23.8. The maximum absolute atomic E-state index is 13.9. The Kier molecular flexibility index (Phi) is 12.8. The van der Waals surface area contributed by atoms with Gasteiger partial charge in [0.1, 0.15) is 0 Å². The van der Waals surface area contributed by atoms with Crippen LogP contribution in [-0.4, -0.2) is 80.1 Å². The van der Waals surface area contributed by atoms with E-state index in [-0.39, 0.29) is 11.6 Å². The molecule has 0 bridgehead atoms. The minimum absolute atomic E-state index is 0.0973. The van der Waals surface area contributed by atoms with Gasteiger partial charge < -0.3 is 24.6 Å². The van der Waals surface area contributed by atoms with Crippen molar-refractivity contribution in [3.8, 4) is 11.5 Å². The molecule has 1 N–H and O–H groups in total. The number of hydrogen-bond acceptors (Lipinski definition) is 6. The number of nitrogens with one attached hydrogen (secondary N) is 1. The van der Waals surface area contributed by atoms with E-state index in [1.165, 1.54) is 32.4 Å². The summed E-state index contributed by atoms with van der Waals surface area (Å²) in [4.78, 5) is 19.0. The highest BCUT2D eigenvalue weighted by molar-refractivity contribution is 5.86. The fourth-order valence-electron chi connectivity index (χ4n) is 8.12. The van der Waals surface area contributed by atoms with Gasteiger partial charge in [-0.3, -0.25) is 4.79 Å². The van der Waals surface area contributed by atoms with Crippen molar-refractivity contribution in [1.82, 2.24) is 15.1 Å². The number of rotatable bonds is 12. The number of carbonyl (C=O) groups is 1. The molecule has 0 spiro atoms. The van der Waals surface area contributed by atoms with Gasteiger partial charge in [0.2, 0.25) is 0 Å². The molecule has 2 unspecified atom stereocenters. The summed E-state index contributed by atoms with van der Waals surface area (Å²) in [5.41, 5.74) is -2.63. The van der Waals surface area contributed by atoms with Crippen LogP contribution in [-0.2, 0) is 29.0 Å². The van der Waals surface area contributed by atoms with Crippen LogP contribution in [0.15, 0.2) is 36.4 Å². The third kappa shape index (κ3) is 9.73. The number of piperidine rings is 2. The van der Waals surface area contributed by atoms with Gasteiger partial charge in [-0.05, 0) is 151 Å². The fraction of sp³-hybridized carbons (Fsp3) is 0.658. The molecule has 5 rings (SSSR count). The molecule has 2 aromatic rings. The second-order valence-electron chi connectivity index (χ2n) is 14.1. The molecule has 0 saturated carbocycles. The largest absolute Gasteiger partial charge is 0.490 e. The van der Waals surface area contributed by atoms with Crippen molar-refractivity contribution in [1.29, 1.82) is 0 Å². The predicted octanol–water partition coefficient (Wildman–Crippen LogP) is 8.05. The van der Waals surface area contributed by atoms with Crippen molar-refractivity contribution < 1.29 is 40.6 Å². The van der Waals surface area contributed by atoms with Crippen LogP contribution in [0.1, 0.15) is 93.9 Å². The molecule has 2 aromatic carbocycles. The number of nitrogens with zero attached hydrogens (tertiary/aromatic N) is 2. The third-order valence-electron chi connectivity index (χ3n) is 10.8. The first-order valence-corrected chi connectivity index (χ1v) is 18.2. The van der Waals surface area contributed by atoms with Gasteiger partial charge >= 0.3 is 12.4 Å². The van der Waals surface area contributed by atoms with Gasteiger partial charge in [-0.25, -0.2) is 0 Å². The van der Waals surface area contributed by atoms with E-state index in [2.05, 4.69) is 15.1 Å². The first kappa shape index (κ1) is 38.4. The molecule has 12 heteroatoms. The Balaban J connectivity index is 1.40. The van der Waals surface area contributed by atoms with Crippen molar-refractivity contribution in [2.45, 2.75) is 108 Å². The van der Waals surface area contributed by atoms with E-state index in [4.69, 9.17) is 9.47 Å². The molecule has 0 aromatic heterocycles. The van der Waals surface area contributed by atoms with Gasteiger partial charge in [0.25, 0.3) is 0 Å². The van der Waals surface area contributed by atoms with Gasteiger partial charge in [0, 0.05) is 12.5 Å². The molecule has 0 aliphatic carbocycles. The second-order valence-corrected chi connectivity index (χ2v) is 14.1. The first-order valence-electron chi connectivity index (χ1n) is 18.2. The lowest BCUT2D eigenvalue weighted by molar-refractivity contribution is -0.143. The highest BCUT2D eigenvalue weighted by atomic mass is 19.4. The third-order valence-corrected chi connectivity index (χ3v) is 10.8. The molecule has 3 fully saturated rings. The summed E-state index contributed by atoms with van der Waals surface area (Å²) >= 11 is 0. The fourth-order valence-corrected chi connectivity index (χ4v) is 8.12. The van der Waals surface area contributed by atoms with Crippen LogP contribution in [0.2, 0.25) is 0 Å².